The van der Waals surface area contributed by atoms with Crippen LogP contribution in [0.25, 0.3) is 0 Å². The predicted molar refractivity (Wildman–Crippen MR) is 92.7 cm³/mol. The maximum Gasteiger partial charge on any atom is 0.307 e. The number of carbonyl (C=O) groups is 2. The third-order valence-electron chi connectivity index (χ3n) is 5.02. The maximum absolute atomic E-state index is 12.5. The van der Waals surface area contributed by atoms with Crippen LogP contribution in [-0.4, -0.2) is 17.9 Å². The van der Waals surface area contributed by atoms with Crippen LogP contribution in [0.3, 0.4) is 0 Å². The Morgan fingerprint density at radius 2 is 1.52 bits per heavy atom. The largest absolute Gasteiger partial charge is 0.432 e. The molecule has 1 saturated carbocycles. The molecule has 130 valence electrons. The number of hydrogen-bond donors (Lipinski definition) is 1. The number of nitrogens with one attached hydrogen (secondary N) is 1. The van der Waals surface area contributed by atoms with Gasteiger partial charge >= 0.3 is 5.97 Å². The number of carbonyl (C=O) groups excluding carboxylic acids is 2. The Bertz CT molecular complexity index is 511. The normalized spacial score (nSPS) is 19.4. The Morgan fingerprint density at radius 3 is 2.04 bits per heavy atom. The number of hydrogen-bond acceptors (Lipinski definition) is 3. The molecule has 1 aliphatic carbocycles. The second-order valence-electron chi connectivity index (χ2n) is 6.67. The van der Waals surface area contributed by atoms with E-state index in [4.69, 9.17) is 4.74 Å². The molecular formula is C19H31NO3. The van der Waals surface area contributed by atoms with Gasteiger partial charge in [0.15, 0.2) is 0 Å². The molecule has 4 heteroatoms. The molecule has 1 N–H and O–H groups in total. The predicted octanol–water partition coefficient (Wildman–Crippen LogP) is 4.26. The van der Waals surface area contributed by atoms with Crippen molar-refractivity contribution in [1.82, 2.24) is 5.32 Å². The van der Waals surface area contributed by atoms with Crippen molar-refractivity contribution in [2.24, 2.45) is 5.92 Å². The topological polar surface area (TPSA) is 55.4 Å². The molecule has 1 fully saturated rings. The first-order valence-corrected chi connectivity index (χ1v) is 8.58. The van der Waals surface area contributed by atoms with Crippen molar-refractivity contribution in [1.29, 1.82) is 0 Å². The van der Waals surface area contributed by atoms with Crippen molar-refractivity contribution in [2.75, 3.05) is 0 Å². The lowest BCUT2D eigenvalue weighted by Gasteiger charge is -2.24. The molecule has 0 radical (unpaired) electrons. The van der Waals surface area contributed by atoms with E-state index >= 15 is 0 Å². The van der Waals surface area contributed by atoms with E-state index in [9.17, 15) is 9.59 Å². The summed E-state index contributed by atoms with van der Waals surface area (Å²) in [5.74, 6) is 0.387. The lowest BCUT2D eigenvalue weighted by molar-refractivity contribution is -0.136. The van der Waals surface area contributed by atoms with E-state index in [1.165, 1.54) is 26.2 Å². The fraction of sp³-hybridized carbons (Fsp3) is 0.684. The SMILES string of the molecule is CC(=O)O/C(C)=C(\C)C(C)/C(C)=C(/C)C(=O)NC1CCCCC1. The minimum atomic E-state index is -0.317. The van der Waals surface area contributed by atoms with Crippen LogP contribution in [0.1, 0.15) is 73.6 Å². The first kappa shape index (κ1) is 19.5. The van der Waals surface area contributed by atoms with Crippen LogP contribution in [0.5, 0.6) is 0 Å². The van der Waals surface area contributed by atoms with Crippen molar-refractivity contribution in [3.63, 3.8) is 0 Å². The Labute approximate surface area is 140 Å². The van der Waals surface area contributed by atoms with Crippen LogP contribution in [0.15, 0.2) is 22.5 Å². The minimum Gasteiger partial charge on any atom is -0.432 e. The van der Waals surface area contributed by atoms with Gasteiger partial charge in [-0.1, -0.05) is 31.8 Å². The van der Waals surface area contributed by atoms with Gasteiger partial charge in [-0.15, -0.1) is 0 Å². The Balaban J connectivity index is 2.81. The summed E-state index contributed by atoms with van der Waals surface area (Å²) >= 11 is 0. The van der Waals surface area contributed by atoms with Crippen molar-refractivity contribution >= 4 is 11.9 Å². The van der Waals surface area contributed by atoms with E-state index in [1.54, 1.807) is 6.92 Å². The van der Waals surface area contributed by atoms with E-state index in [1.807, 2.05) is 27.7 Å². The number of esters is 1. The van der Waals surface area contributed by atoms with E-state index in [2.05, 4.69) is 5.32 Å². The van der Waals surface area contributed by atoms with Crippen molar-refractivity contribution in [3.8, 4) is 0 Å². The molecule has 1 aliphatic rings. The second-order valence-corrected chi connectivity index (χ2v) is 6.67. The third-order valence-corrected chi connectivity index (χ3v) is 5.02. The van der Waals surface area contributed by atoms with Crippen molar-refractivity contribution < 1.29 is 14.3 Å². The van der Waals surface area contributed by atoms with Crippen LogP contribution >= 0.6 is 0 Å². The lowest BCUT2D eigenvalue weighted by Crippen LogP contribution is -2.37. The average molecular weight is 321 g/mol. The molecule has 0 aromatic carbocycles. The zero-order valence-corrected chi connectivity index (χ0v) is 15.4. The van der Waals surface area contributed by atoms with Gasteiger partial charge in [0.05, 0.1) is 0 Å². The van der Waals surface area contributed by atoms with E-state index in [0.29, 0.717) is 11.8 Å². The summed E-state index contributed by atoms with van der Waals surface area (Å²) in [7, 11) is 0. The van der Waals surface area contributed by atoms with Gasteiger partial charge in [-0.25, -0.2) is 0 Å². The summed E-state index contributed by atoms with van der Waals surface area (Å²) in [6.45, 7) is 11.0. The van der Waals surface area contributed by atoms with Gasteiger partial charge in [0.2, 0.25) is 5.91 Å². The second kappa shape index (κ2) is 8.90. The number of ether oxygens (including phenoxy) is 1. The fourth-order valence-electron chi connectivity index (χ4n) is 2.97. The first-order valence-electron chi connectivity index (χ1n) is 8.58. The van der Waals surface area contributed by atoms with Gasteiger partial charge < -0.3 is 10.1 Å². The number of rotatable bonds is 5. The van der Waals surface area contributed by atoms with Gasteiger partial charge in [-0.2, -0.15) is 0 Å². The van der Waals surface area contributed by atoms with Gasteiger partial charge in [-0.05, 0) is 46.1 Å². The zero-order chi connectivity index (χ0) is 17.6. The average Bonchev–Trinajstić information content (AvgIpc) is 2.52. The molecule has 0 aromatic rings. The molecule has 0 bridgehead atoms. The molecule has 0 aliphatic heterocycles. The molecule has 0 spiro atoms. The van der Waals surface area contributed by atoms with Crippen LogP contribution in [0.2, 0.25) is 0 Å². The van der Waals surface area contributed by atoms with E-state index in [0.717, 1.165) is 29.6 Å². The van der Waals surface area contributed by atoms with Crippen molar-refractivity contribution in [2.45, 2.75) is 79.7 Å². The first-order chi connectivity index (χ1) is 10.7. The highest BCUT2D eigenvalue weighted by atomic mass is 16.5. The van der Waals surface area contributed by atoms with Crippen LogP contribution < -0.4 is 5.32 Å². The molecule has 1 unspecified atom stereocenters. The monoisotopic (exact) mass is 321 g/mol. The summed E-state index contributed by atoms with van der Waals surface area (Å²) in [6.07, 6.45) is 5.84. The molecular weight excluding hydrogens is 290 g/mol. The van der Waals surface area contributed by atoms with E-state index < -0.39 is 0 Å². The highest BCUT2D eigenvalue weighted by Crippen LogP contribution is 2.26. The van der Waals surface area contributed by atoms with Gasteiger partial charge in [0.25, 0.3) is 0 Å². The van der Waals surface area contributed by atoms with Crippen molar-refractivity contribution in [3.05, 3.63) is 22.5 Å². The summed E-state index contributed by atoms with van der Waals surface area (Å²) < 4.78 is 5.16. The highest BCUT2D eigenvalue weighted by molar-refractivity contribution is 5.93. The fourth-order valence-corrected chi connectivity index (χ4v) is 2.97. The molecule has 1 atom stereocenters. The Kier molecular flexibility index (Phi) is 7.53. The van der Waals surface area contributed by atoms with Crippen LogP contribution in [0, 0.1) is 5.92 Å². The lowest BCUT2D eigenvalue weighted by atomic mass is 9.90. The summed E-state index contributed by atoms with van der Waals surface area (Å²) in [6, 6.07) is 0.314. The van der Waals surface area contributed by atoms with Gasteiger partial charge in [0, 0.05) is 24.5 Å². The maximum atomic E-state index is 12.5. The quantitative estimate of drug-likeness (QED) is 0.467. The van der Waals surface area contributed by atoms with E-state index in [-0.39, 0.29) is 17.8 Å². The molecule has 0 aromatic heterocycles. The molecule has 4 nitrogen and oxygen atoms in total. The van der Waals surface area contributed by atoms with Gasteiger partial charge in [0.1, 0.15) is 5.76 Å². The standard InChI is InChI=1S/C19H31NO3/c1-12(14(3)16(5)23-17(6)21)13(2)15(4)19(22)20-18-10-8-7-9-11-18/h12,18H,7-11H2,1-6H3,(H,20,22)/b15-13-,16-14+. The molecule has 0 saturated heterocycles. The van der Waals surface area contributed by atoms with Gasteiger partial charge in [-0.3, -0.25) is 9.59 Å². The molecule has 23 heavy (non-hydrogen) atoms. The molecule has 1 amide bonds. The molecule has 1 rings (SSSR count). The highest BCUT2D eigenvalue weighted by Gasteiger charge is 2.20. The minimum absolute atomic E-state index is 0.0270. The third kappa shape index (κ3) is 5.85. The van der Waals surface area contributed by atoms with Crippen LogP contribution in [-0.2, 0) is 14.3 Å². The number of amides is 1. The number of allylic oxidation sites excluding steroid dienone is 3. The van der Waals surface area contributed by atoms with Crippen LogP contribution in [0.4, 0.5) is 0 Å². The smallest absolute Gasteiger partial charge is 0.307 e. The Morgan fingerprint density at radius 1 is 0.957 bits per heavy atom. The zero-order valence-electron chi connectivity index (χ0n) is 15.4. The molecule has 0 heterocycles. The Hall–Kier alpha value is -1.58. The summed E-state index contributed by atoms with van der Waals surface area (Å²) in [4.78, 5) is 23.5. The summed E-state index contributed by atoms with van der Waals surface area (Å²) in [5.41, 5.74) is 2.75. The summed E-state index contributed by atoms with van der Waals surface area (Å²) in [5, 5.41) is 3.16.